The van der Waals surface area contributed by atoms with Gasteiger partial charge in [-0.25, -0.2) is 4.98 Å². The minimum Gasteiger partial charge on any atom is -0.480 e. The van der Waals surface area contributed by atoms with Crippen molar-refractivity contribution < 1.29 is 14.7 Å². The smallest absolute Gasteiger partial charge is 0.320 e. The van der Waals surface area contributed by atoms with Gasteiger partial charge < -0.3 is 16.2 Å². The SMILES string of the molecule is N[C@@H](Cc1ccc(NC(=O)c2c(Cl)cncc2Cl)nc1)C(=O)O. The first kappa shape index (κ1) is 17.1. The minimum absolute atomic E-state index is 0.0992. The second kappa shape index (κ2) is 7.36. The van der Waals surface area contributed by atoms with E-state index in [-0.39, 0.29) is 27.8 Å². The van der Waals surface area contributed by atoms with Gasteiger partial charge in [0.2, 0.25) is 0 Å². The van der Waals surface area contributed by atoms with Gasteiger partial charge in [0.1, 0.15) is 11.9 Å². The molecular formula is C14H12Cl2N4O3. The third-order valence-corrected chi connectivity index (χ3v) is 3.49. The number of carbonyl (C=O) groups is 2. The number of nitrogens with one attached hydrogen (secondary N) is 1. The number of carboxylic acid groups (broad SMARTS) is 1. The number of rotatable bonds is 5. The molecule has 0 spiro atoms. The molecule has 2 heterocycles. The summed E-state index contributed by atoms with van der Waals surface area (Å²) in [5.41, 5.74) is 6.18. The van der Waals surface area contributed by atoms with Gasteiger partial charge in [-0.05, 0) is 18.1 Å². The van der Waals surface area contributed by atoms with Crippen LogP contribution < -0.4 is 11.1 Å². The van der Waals surface area contributed by atoms with Gasteiger partial charge in [0.15, 0.2) is 0 Å². The fourth-order valence-electron chi connectivity index (χ4n) is 1.77. The number of aliphatic carboxylic acids is 1. The molecule has 0 aliphatic rings. The van der Waals surface area contributed by atoms with Gasteiger partial charge in [0.25, 0.3) is 5.91 Å². The van der Waals surface area contributed by atoms with Gasteiger partial charge in [-0.1, -0.05) is 29.3 Å². The summed E-state index contributed by atoms with van der Waals surface area (Å²) in [6.07, 6.45) is 4.20. The number of anilines is 1. The van der Waals surface area contributed by atoms with E-state index in [4.69, 9.17) is 34.0 Å². The highest BCUT2D eigenvalue weighted by molar-refractivity contribution is 6.40. The van der Waals surface area contributed by atoms with Crippen molar-refractivity contribution in [3.63, 3.8) is 0 Å². The second-order valence-corrected chi connectivity index (χ2v) is 5.45. The molecular weight excluding hydrogens is 343 g/mol. The third kappa shape index (κ3) is 4.38. The number of carbonyl (C=O) groups excluding carboxylic acids is 1. The van der Waals surface area contributed by atoms with Crippen molar-refractivity contribution in [2.45, 2.75) is 12.5 Å². The number of nitrogens with zero attached hydrogens (tertiary/aromatic N) is 2. The van der Waals surface area contributed by atoms with Gasteiger partial charge in [-0.3, -0.25) is 14.6 Å². The Morgan fingerprint density at radius 3 is 2.39 bits per heavy atom. The highest BCUT2D eigenvalue weighted by Gasteiger charge is 2.16. The van der Waals surface area contributed by atoms with Gasteiger partial charge in [0, 0.05) is 18.6 Å². The number of nitrogens with two attached hydrogens (primary N) is 1. The summed E-state index contributed by atoms with van der Waals surface area (Å²) in [6, 6.07) is 2.15. The summed E-state index contributed by atoms with van der Waals surface area (Å²) >= 11 is 11.8. The molecule has 0 aliphatic heterocycles. The van der Waals surface area contributed by atoms with E-state index in [1.54, 1.807) is 6.07 Å². The third-order valence-electron chi connectivity index (χ3n) is 2.92. The Kier molecular flexibility index (Phi) is 5.49. The van der Waals surface area contributed by atoms with Crippen molar-refractivity contribution >= 4 is 40.9 Å². The average Bonchev–Trinajstić information content (AvgIpc) is 2.49. The Morgan fingerprint density at radius 1 is 1.22 bits per heavy atom. The van der Waals surface area contributed by atoms with E-state index in [2.05, 4.69) is 15.3 Å². The number of hydrogen-bond donors (Lipinski definition) is 3. The van der Waals surface area contributed by atoms with E-state index < -0.39 is 17.9 Å². The molecule has 1 amide bonds. The van der Waals surface area contributed by atoms with Crippen LogP contribution in [0.5, 0.6) is 0 Å². The van der Waals surface area contributed by atoms with Gasteiger partial charge in [-0.15, -0.1) is 0 Å². The minimum atomic E-state index is -1.09. The standard InChI is InChI=1S/C14H12Cl2N4O3/c15-8-5-18-6-9(16)12(8)13(21)20-11-2-1-7(4-19-11)3-10(17)14(22)23/h1-2,4-6,10H,3,17H2,(H,22,23)(H,19,20,21)/t10-/m0/s1. The van der Waals surface area contributed by atoms with Crippen LogP contribution in [-0.2, 0) is 11.2 Å². The lowest BCUT2D eigenvalue weighted by molar-refractivity contribution is -0.138. The maximum Gasteiger partial charge on any atom is 0.320 e. The number of hydrogen-bond acceptors (Lipinski definition) is 5. The molecule has 120 valence electrons. The van der Waals surface area contributed by atoms with E-state index in [0.717, 1.165) is 0 Å². The van der Waals surface area contributed by atoms with E-state index >= 15 is 0 Å². The Labute approximate surface area is 141 Å². The first-order valence-corrected chi connectivity index (χ1v) is 7.17. The summed E-state index contributed by atoms with van der Waals surface area (Å²) in [5.74, 6) is -1.35. The first-order chi connectivity index (χ1) is 10.9. The fraction of sp³-hybridized carbons (Fsp3) is 0.143. The van der Waals surface area contributed by atoms with Crippen molar-refractivity contribution in [3.8, 4) is 0 Å². The topological polar surface area (TPSA) is 118 Å². The van der Waals surface area contributed by atoms with E-state index in [1.165, 1.54) is 24.7 Å². The van der Waals surface area contributed by atoms with Crippen LogP contribution in [0.25, 0.3) is 0 Å². The summed E-state index contributed by atoms with van der Waals surface area (Å²) in [6.45, 7) is 0. The summed E-state index contributed by atoms with van der Waals surface area (Å²) in [7, 11) is 0. The number of amides is 1. The second-order valence-electron chi connectivity index (χ2n) is 4.63. The zero-order chi connectivity index (χ0) is 17.0. The predicted octanol–water partition coefficient (Wildman–Crippen LogP) is 1.99. The lowest BCUT2D eigenvalue weighted by Crippen LogP contribution is -2.32. The molecule has 0 aliphatic carbocycles. The molecule has 0 aromatic carbocycles. The zero-order valence-electron chi connectivity index (χ0n) is 11.7. The Bertz CT molecular complexity index is 717. The maximum atomic E-state index is 12.2. The van der Waals surface area contributed by atoms with Crippen molar-refractivity contribution in [2.24, 2.45) is 5.73 Å². The highest BCUT2D eigenvalue weighted by Crippen LogP contribution is 2.23. The van der Waals surface area contributed by atoms with Crippen LogP contribution in [0.3, 0.4) is 0 Å². The molecule has 0 saturated heterocycles. The molecule has 0 radical (unpaired) electrons. The van der Waals surface area contributed by atoms with Crippen LogP contribution in [0.1, 0.15) is 15.9 Å². The molecule has 2 aromatic rings. The molecule has 2 rings (SSSR count). The molecule has 0 fully saturated rings. The molecule has 9 heteroatoms. The summed E-state index contributed by atoms with van der Waals surface area (Å²) in [5, 5.41) is 11.6. The maximum absolute atomic E-state index is 12.2. The normalized spacial score (nSPS) is 11.8. The molecule has 1 atom stereocenters. The predicted molar refractivity (Wildman–Crippen MR) is 85.8 cm³/mol. The van der Waals surface area contributed by atoms with Gasteiger partial charge in [0.05, 0.1) is 15.6 Å². The lowest BCUT2D eigenvalue weighted by Gasteiger charge is -2.09. The number of aromatic nitrogens is 2. The summed E-state index contributed by atoms with van der Waals surface area (Å²) < 4.78 is 0. The van der Waals surface area contributed by atoms with Gasteiger partial charge in [-0.2, -0.15) is 0 Å². The molecule has 23 heavy (non-hydrogen) atoms. The van der Waals surface area contributed by atoms with Gasteiger partial charge >= 0.3 is 5.97 Å². The van der Waals surface area contributed by atoms with Crippen molar-refractivity contribution in [1.29, 1.82) is 0 Å². The number of pyridine rings is 2. The highest BCUT2D eigenvalue weighted by atomic mass is 35.5. The molecule has 4 N–H and O–H groups in total. The zero-order valence-corrected chi connectivity index (χ0v) is 13.2. The van der Waals surface area contributed by atoms with Crippen LogP contribution in [-0.4, -0.2) is 33.0 Å². The number of halogens is 2. The molecule has 7 nitrogen and oxygen atoms in total. The van der Waals surface area contributed by atoms with Crippen molar-refractivity contribution in [3.05, 3.63) is 51.9 Å². The Hall–Kier alpha value is -2.22. The quantitative estimate of drug-likeness (QED) is 0.755. The molecule has 0 unspecified atom stereocenters. The molecule has 0 saturated carbocycles. The largest absolute Gasteiger partial charge is 0.480 e. The fourth-order valence-corrected chi connectivity index (χ4v) is 2.30. The molecule has 0 bridgehead atoms. The van der Waals surface area contributed by atoms with E-state index in [0.29, 0.717) is 5.56 Å². The van der Waals surface area contributed by atoms with Crippen LogP contribution >= 0.6 is 23.2 Å². The Balaban J connectivity index is 2.09. The van der Waals surface area contributed by atoms with Crippen molar-refractivity contribution in [2.75, 3.05) is 5.32 Å². The van der Waals surface area contributed by atoms with E-state index in [1.807, 2.05) is 0 Å². The van der Waals surface area contributed by atoms with Crippen LogP contribution in [0, 0.1) is 0 Å². The average molecular weight is 355 g/mol. The summed E-state index contributed by atoms with van der Waals surface area (Å²) in [4.78, 5) is 30.7. The first-order valence-electron chi connectivity index (χ1n) is 6.42. The molecule has 2 aromatic heterocycles. The lowest BCUT2D eigenvalue weighted by atomic mass is 10.1. The van der Waals surface area contributed by atoms with Crippen LogP contribution in [0.4, 0.5) is 5.82 Å². The van der Waals surface area contributed by atoms with Crippen molar-refractivity contribution in [1.82, 2.24) is 9.97 Å². The number of carboxylic acids is 1. The van der Waals surface area contributed by atoms with Crippen LogP contribution in [0.2, 0.25) is 10.0 Å². The van der Waals surface area contributed by atoms with Crippen LogP contribution in [0.15, 0.2) is 30.7 Å². The Morgan fingerprint density at radius 2 is 1.87 bits per heavy atom. The monoisotopic (exact) mass is 354 g/mol. The van der Waals surface area contributed by atoms with E-state index in [9.17, 15) is 9.59 Å².